The molecule has 1 atom stereocenters. The second-order valence-corrected chi connectivity index (χ2v) is 6.41. The van der Waals surface area contributed by atoms with Gasteiger partial charge in [-0.2, -0.15) is 0 Å². The molecule has 1 N–H and O–H groups in total. The first-order chi connectivity index (χ1) is 9.53. The van der Waals surface area contributed by atoms with Crippen LogP contribution in [0.5, 0.6) is 0 Å². The molecule has 1 unspecified atom stereocenters. The summed E-state index contributed by atoms with van der Waals surface area (Å²) in [6.07, 6.45) is 4.10. The molecule has 4 nitrogen and oxygen atoms in total. The molecule has 1 aromatic carbocycles. The fraction of sp³-hybridized carbons (Fsp3) is 0.267. The summed E-state index contributed by atoms with van der Waals surface area (Å²) in [5.41, 5.74) is 1.60. The maximum absolute atomic E-state index is 12.2. The molecule has 1 aromatic heterocycles. The molecule has 21 heavy (non-hydrogen) atoms. The van der Waals surface area contributed by atoms with Gasteiger partial charge in [0.15, 0.2) is 0 Å². The summed E-state index contributed by atoms with van der Waals surface area (Å²) in [4.78, 5) is 4.14. The number of anilines is 1. The molecule has 0 aliphatic rings. The van der Waals surface area contributed by atoms with Crippen molar-refractivity contribution in [2.45, 2.75) is 31.1 Å². The number of sulfonamides is 1. The number of aromatic nitrogens is 1. The lowest BCUT2D eigenvalue weighted by molar-refractivity contribution is 0.601. The molecular weight excluding hydrogens is 308 g/mol. The largest absolute Gasteiger partial charge is 0.278 e. The van der Waals surface area contributed by atoms with Gasteiger partial charge in [-0.25, -0.2) is 8.42 Å². The van der Waals surface area contributed by atoms with E-state index in [1.165, 1.54) is 6.20 Å². The van der Waals surface area contributed by atoms with Gasteiger partial charge < -0.3 is 0 Å². The van der Waals surface area contributed by atoms with Crippen molar-refractivity contribution in [1.82, 2.24) is 4.98 Å². The predicted octanol–water partition coefficient (Wildman–Crippen LogP) is 3.82. The number of rotatable bonds is 5. The van der Waals surface area contributed by atoms with Crippen molar-refractivity contribution in [1.29, 1.82) is 0 Å². The van der Waals surface area contributed by atoms with E-state index in [-0.39, 0.29) is 17.3 Å². The smallest absolute Gasteiger partial charge is 0.261 e. The van der Waals surface area contributed by atoms with Crippen LogP contribution in [0.1, 0.15) is 31.7 Å². The zero-order valence-electron chi connectivity index (χ0n) is 12.0. The molecule has 0 bridgehead atoms. The van der Waals surface area contributed by atoms with E-state index >= 15 is 0 Å². The SMILES string of the molecule is CCC(C)c1ccc(S(=O)(=O)Nc2cccnc2)cc1.Cl. The average Bonchev–Trinajstić information content (AvgIpc) is 2.47. The summed E-state index contributed by atoms with van der Waals surface area (Å²) >= 11 is 0. The quantitative estimate of drug-likeness (QED) is 0.908. The third-order valence-corrected chi connectivity index (χ3v) is 4.68. The van der Waals surface area contributed by atoms with Gasteiger partial charge in [0, 0.05) is 6.20 Å². The average molecular weight is 327 g/mol. The molecule has 6 heteroatoms. The minimum atomic E-state index is -3.55. The van der Waals surface area contributed by atoms with Gasteiger partial charge in [0.25, 0.3) is 10.0 Å². The lowest BCUT2D eigenvalue weighted by atomic mass is 9.99. The molecule has 1 heterocycles. The van der Waals surface area contributed by atoms with Crippen molar-refractivity contribution < 1.29 is 8.42 Å². The fourth-order valence-electron chi connectivity index (χ4n) is 1.85. The highest BCUT2D eigenvalue weighted by molar-refractivity contribution is 7.92. The number of benzene rings is 1. The Morgan fingerprint density at radius 2 is 1.86 bits per heavy atom. The highest BCUT2D eigenvalue weighted by Gasteiger charge is 2.14. The van der Waals surface area contributed by atoms with Gasteiger partial charge >= 0.3 is 0 Å². The van der Waals surface area contributed by atoms with E-state index < -0.39 is 10.0 Å². The Labute approximate surface area is 132 Å². The standard InChI is InChI=1S/C15H18N2O2S.ClH/c1-3-12(2)13-6-8-15(9-7-13)20(18,19)17-14-5-4-10-16-11-14;/h4-12,17H,3H2,1-2H3;1H. The van der Waals surface area contributed by atoms with Crippen LogP contribution in [-0.2, 0) is 10.0 Å². The summed E-state index contributed by atoms with van der Waals surface area (Å²) in [5, 5.41) is 0. The Morgan fingerprint density at radius 3 is 2.38 bits per heavy atom. The van der Waals surface area contributed by atoms with Gasteiger partial charge in [-0.1, -0.05) is 26.0 Å². The lowest BCUT2D eigenvalue weighted by Crippen LogP contribution is -2.13. The van der Waals surface area contributed by atoms with Crippen molar-refractivity contribution in [3.05, 3.63) is 54.4 Å². The molecule has 0 saturated carbocycles. The number of nitrogens with zero attached hydrogens (tertiary/aromatic N) is 1. The highest BCUT2D eigenvalue weighted by Crippen LogP contribution is 2.21. The van der Waals surface area contributed by atoms with E-state index in [0.29, 0.717) is 11.6 Å². The summed E-state index contributed by atoms with van der Waals surface area (Å²) in [6.45, 7) is 4.23. The maximum Gasteiger partial charge on any atom is 0.261 e. The summed E-state index contributed by atoms with van der Waals surface area (Å²) in [7, 11) is -3.55. The molecule has 0 saturated heterocycles. The van der Waals surface area contributed by atoms with Crippen LogP contribution < -0.4 is 4.72 Å². The Hall–Kier alpha value is -1.59. The summed E-state index contributed by atoms with van der Waals surface area (Å²) in [5.74, 6) is 0.429. The molecule has 114 valence electrons. The molecule has 0 aliphatic carbocycles. The van der Waals surface area contributed by atoms with E-state index in [0.717, 1.165) is 12.0 Å². The Balaban J connectivity index is 0.00000220. The van der Waals surface area contributed by atoms with Crippen LogP contribution >= 0.6 is 12.4 Å². The van der Waals surface area contributed by atoms with Gasteiger partial charge in [-0.15, -0.1) is 12.4 Å². The van der Waals surface area contributed by atoms with Crippen LogP contribution in [0.4, 0.5) is 5.69 Å². The molecule has 0 amide bonds. The van der Waals surface area contributed by atoms with Gasteiger partial charge in [0.2, 0.25) is 0 Å². The Bertz CT molecular complexity index is 658. The van der Waals surface area contributed by atoms with Crippen LogP contribution in [-0.4, -0.2) is 13.4 Å². The minimum Gasteiger partial charge on any atom is -0.278 e. The van der Waals surface area contributed by atoms with Crippen molar-refractivity contribution in [3.8, 4) is 0 Å². The Morgan fingerprint density at radius 1 is 1.19 bits per heavy atom. The number of halogens is 1. The third kappa shape index (κ3) is 4.44. The van der Waals surface area contributed by atoms with Gasteiger partial charge in [-0.05, 0) is 42.2 Å². The zero-order chi connectivity index (χ0) is 14.6. The first kappa shape index (κ1) is 17.5. The molecule has 0 fully saturated rings. The second kappa shape index (κ2) is 7.43. The van der Waals surface area contributed by atoms with Crippen LogP contribution in [0.2, 0.25) is 0 Å². The predicted molar refractivity (Wildman–Crippen MR) is 87.4 cm³/mol. The van der Waals surface area contributed by atoms with Crippen LogP contribution in [0.3, 0.4) is 0 Å². The monoisotopic (exact) mass is 326 g/mol. The van der Waals surface area contributed by atoms with Crippen LogP contribution in [0.15, 0.2) is 53.7 Å². The van der Waals surface area contributed by atoms with Crippen molar-refractivity contribution in [3.63, 3.8) is 0 Å². The minimum absolute atomic E-state index is 0. The fourth-order valence-corrected chi connectivity index (χ4v) is 2.89. The highest BCUT2D eigenvalue weighted by atomic mass is 35.5. The van der Waals surface area contributed by atoms with Crippen molar-refractivity contribution in [2.75, 3.05) is 4.72 Å². The number of nitrogens with one attached hydrogen (secondary N) is 1. The van der Waals surface area contributed by atoms with E-state index in [2.05, 4.69) is 23.6 Å². The maximum atomic E-state index is 12.2. The summed E-state index contributed by atoms with van der Waals surface area (Å²) < 4.78 is 26.9. The summed E-state index contributed by atoms with van der Waals surface area (Å²) in [6, 6.07) is 10.4. The van der Waals surface area contributed by atoms with E-state index in [1.54, 1.807) is 30.5 Å². The first-order valence-electron chi connectivity index (χ1n) is 6.55. The van der Waals surface area contributed by atoms with E-state index in [1.807, 2.05) is 12.1 Å². The van der Waals surface area contributed by atoms with Crippen LogP contribution in [0.25, 0.3) is 0 Å². The third-order valence-electron chi connectivity index (χ3n) is 3.29. The van der Waals surface area contributed by atoms with E-state index in [9.17, 15) is 8.42 Å². The van der Waals surface area contributed by atoms with Gasteiger partial charge in [0.05, 0.1) is 16.8 Å². The number of hydrogen-bond donors (Lipinski definition) is 1. The van der Waals surface area contributed by atoms with Crippen LogP contribution in [0, 0.1) is 0 Å². The van der Waals surface area contributed by atoms with Gasteiger partial charge in [-0.3, -0.25) is 9.71 Å². The number of hydrogen-bond acceptors (Lipinski definition) is 3. The Kier molecular flexibility index (Phi) is 6.18. The van der Waals surface area contributed by atoms with Crippen molar-refractivity contribution in [2.24, 2.45) is 0 Å². The molecule has 2 rings (SSSR count). The molecule has 0 aliphatic heterocycles. The topological polar surface area (TPSA) is 59.1 Å². The second-order valence-electron chi connectivity index (χ2n) is 4.73. The number of pyridine rings is 1. The van der Waals surface area contributed by atoms with Crippen molar-refractivity contribution >= 4 is 28.1 Å². The molecule has 0 radical (unpaired) electrons. The van der Waals surface area contributed by atoms with E-state index in [4.69, 9.17) is 0 Å². The first-order valence-corrected chi connectivity index (χ1v) is 8.04. The zero-order valence-corrected chi connectivity index (χ0v) is 13.6. The molecule has 2 aromatic rings. The molecular formula is C15H19ClN2O2S. The van der Waals surface area contributed by atoms with Gasteiger partial charge in [0.1, 0.15) is 0 Å². The lowest BCUT2D eigenvalue weighted by Gasteiger charge is -2.11. The molecule has 0 spiro atoms. The normalized spacial score (nSPS) is 12.3.